The van der Waals surface area contributed by atoms with Gasteiger partial charge < -0.3 is 0 Å². The van der Waals surface area contributed by atoms with Crippen LogP contribution in [0.3, 0.4) is 0 Å². The van der Waals surface area contributed by atoms with Crippen LogP contribution in [-0.4, -0.2) is 0 Å². The minimum atomic E-state index is 1.33. The molecule has 1 rings (SSSR count). The van der Waals surface area contributed by atoms with E-state index in [1.807, 2.05) is 11.3 Å². The Bertz CT molecular complexity index is 433. The third kappa shape index (κ3) is 16.1. The maximum absolute atomic E-state index is 2.43. The maximum Gasteiger partial charge on any atom is -0.00584 e. The molecule has 0 aromatic carbocycles. The largest absolute Gasteiger partial charge is 0.152 e. The zero-order chi connectivity index (χ0) is 20.8. The van der Waals surface area contributed by atoms with Gasteiger partial charge in [-0.2, -0.15) is 11.3 Å². The topological polar surface area (TPSA) is 0 Å². The van der Waals surface area contributed by atoms with E-state index < -0.39 is 0 Å². The molecule has 0 N–H and O–H groups in total. The summed E-state index contributed by atoms with van der Waals surface area (Å²) in [5.41, 5.74) is 3.34. The molecule has 29 heavy (non-hydrogen) atoms. The number of hydrogen-bond acceptors (Lipinski definition) is 1. The molecule has 0 bridgehead atoms. The van der Waals surface area contributed by atoms with Crippen molar-refractivity contribution in [2.24, 2.45) is 0 Å². The average Bonchev–Trinajstić information content (AvgIpc) is 3.18. The van der Waals surface area contributed by atoms with Gasteiger partial charge in [0.1, 0.15) is 0 Å². The van der Waals surface area contributed by atoms with Crippen molar-refractivity contribution in [3.63, 3.8) is 0 Å². The van der Waals surface area contributed by atoms with E-state index in [1.165, 1.54) is 141 Å². The Balaban J connectivity index is 1.92. The second kappa shape index (κ2) is 21.0. The highest BCUT2D eigenvalue weighted by molar-refractivity contribution is 7.08. The van der Waals surface area contributed by atoms with Crippen molar-refractivity contribution in [3.05, 3.63) is 21.9 Å². The Labute approximate surface area is 188 Å². The Hall–Kier alpha value is -0.300. The second-order valence-corrected chi connectivity index (χ2v) is 10.0. The molecular formula is C28H52S. The van der Waals surface area contributed by atoms with E-state index in [4.69, 9.17) is 0 Å². The summed E-state index contributed by atoms with van der Waals surface area (Å²) in [6.07, 6.45) is 31.4. The van der Waals surface area contributed by atoms with Gasteiger partial charge in [-0.05, 0) is 47.6 Å². The van der Waals surface area contributed by atoms with E-state index in [2.05, 4.69) is 24.6 Å². The second-order valence-electron chi connectivity index (χ2n) is 9.29. The predicted octanol–water partition coefficient (Wildman–Crippen LogP) is 10.7. The van der Waals surface area contributed by atoms with Crippen LogP contribution in [0.4, 0.5) is 0 Å². The first kappa shape index (κ1) is 26.7. The zero-order valence-electron chi connectivity index (χ0n) is 20.1. The number of rotatable bonds is 22. The molecule has 0 saturated carbocycles. The Morgan fingerprint density at radius 1 is 0.414 bits per heavy atom. The van der Waals surface area contributed by atoms with Crippen molar-refractivity contribution >= 4 is 11.3 Å². The summed E-state index contributed by atoms with van der Waals surface area (Å²) in [6, 6.07) is 0. The fourth-order valence-corrected chi connectivity index (χ4v) is 5.33. The first-order valence-electron chi connectivity index (χ1n) is 13.4. The van der Waals surface area contributed by atoms with Gasteiger partial charge in [-0.25, -0.2) is 0 Å². The van der Waals surface area contributed by atoms with Gasteiger partial charge >= 0.3 is 0 Å². The molecule has 1 aromatic heterocycles. The first-order chi connectivity index (χ1) is 14.4. The highest BCUT2D eigenvalue weighted by Crippen LogP contribution is 2.21. The summed E-state index contributed by atoms with van der Waals surface area (Å²) in [7, 11) is 0. The van der Waals surface area contributed by atoms with Crippen LogP contribution < -0.4 is 0 Å². The zero-order valence-corrected chi connectivity index (χ0v) is 20.9. The standard InChI is InChI=1S/C28H52S/c1-3-5-7-9-11-13-14-15-16-18-20-22-24-28-26-29-25-27(28)23-21-19-17-12-10-8-6-4-2/h25-26H,3-24H2,1-2H3. The van der Waals surface area contributed by atoms with Crippen LogP contribution >= 0.6 is 11.3 Å². The van der Waals surface area contributed by atoms with Crippen LogP contribution in [0.25, 0.3) is 0 Å². The van der Waals surface area contributed by atoms with Gasteiger partial charge in [0, 0.05) is 0 Å². The SMILES string of the molecule is CCCCCCCCCCCCCCc1cscc1CCCCCCCCCC. The molecule has 0 nitrogen and oxygen atoms in total. The summed E-state index contributed by atoms with van der Waals surface area (Å²) in [5.74, 6) is 0. The van der Waals surface area contributed by atoms with E-state index in [-0.39, 0.29) is 0 Å². The summed E-state index contributed by atoms with van der Waals surface area (Å²) >= 11 is 1.93. The van der Waals surface area contributed by atoms with E-state index >= 15 is 0 Å². The highest BCUT2D eigenvalue weighted by atomic mass is 32.1. The molecule has 0 aliphatic heterocycles. The van der Waals surface area contributed by atoms with Crippen molar-refractivity contribution in [1.82, 2.24) is 0 Å². The minimum absolute atomic E-state index is 1.33. The lowest BCUT2D eigenvalue weighted by atomic mass is 10.00. The molecule has 0 aliphatic rings. The third-order valence-corrected chi connectivity index (χ3v) is 7.27. The smallest absolute Gasteiger partial charge is 0.00584 e. The maximum atomic E-state index is 2.43. The fraction of sp³-hybridized carbons (Fsp3) is 0.857. The lowest BCUT2D eigenvalue weighted by Crippen LogP contribution is -1.92. The van der Waals surface area contributed by atoms with Crippen molar-refractivity contribution in [2.45, 2.75) is 155 Å². The van der Waals surface area contributed by atoms with Gasteiger partial charge in [-0.15, -0.1) is 0 Å². The summed E-state index contributed by atoms with van der Waals surface area (Å²) in [4.78, 5) is 0. The third-order valence-electron chi connectivity index (χ3n) is 6.43. The molecule has 0 atom stereocenters. The lowest BCUT2D eigenvalue weighted by molar-refractivity contribution is 0.543. The average molecular weight is 421 g/mol. The summed E-state index contributed by atoms with van der Waals surface area (Å²) in [6.45, 7) is 4.60. The van der Waals surface area contributed by atoms with Crippen LogP contribution in [0.15, 0.2) is 10.8 Å². The molecule has 0 aliphatic carbocycles. The molecule has 0 saturated heterocycles. The normalized spacial score (nSPS) is 11.4. The van der Waals surface area contributed by atoms with Gasteiger partial charge in [0.25, 0.3) is 0 Å². The Kier molecular flexibility index (Phi) is 19.3. The molecule has 1 heterocycles. The van der Waals surface area contributed by atoms with Crippen LogP contribution in [0.1, 0.15) is 153 Å². The highest BCUT2D eigenvalue weighted by Gasteiger charge is 2.04. The molecule has 0 amide bonds. The minimum Gasteiger partial charge on any atom is -0.152 e. The lowest BCUT2D eigenvalue weighted by Gasteiger charge is -2.06. The van der Waals surface area contributed by atoms with Crippen molar-refractivity contribution in [3.8, 4) is 0 Å². The van der Waals surface area contributed by atoms with Crippen molar-refractivity contribution < 1.29 is 0 Å². The molecule has 0 unspecified atom stereocenters. The van der Waals surface area contributed by atoms with E-state index in [0.29, 0.717) is 0 Å². The molecule has 0 spiro atoms. The molecule has 0 fully saturated rings. The molecule has 1 aromatic rings. The van der Waals surface area contributed by atoms with Crippen LogP contribution in [-0.2, 0) is 12.8 Å². The summed E-state index contributed by atoms with van der Waals surface area (Å²) in [5, 5.41) is 4.86. The Morgan fingerprint density at radius 3 is 1.00 bits per heavy atom. The summed E-state index contributed by atoms with van der Waals surface area (Å²) < 4.78 is 0. The van der Waals surface area contributed by atoms with E-state index in [0.717, 1.165) is 0 Å². The molecule has 1 heteroatoms. The van der Waals surface area contributed by atoms with Crippen LogP contribution in [0, 0.1) is 0 Å². The van der Waals surface area contributed by atoms with Gasteiger partial charge in [-0.1, -0.05) is 129 Å². The van der Waals surface area contributed by atoms with E-state index in [9.17, 15) is 0 Å². The number of hydrogen-bond donors (Lipinski definition) is 0. The van der Waals surface area contributed by atoms with E-state index in [1.54, 1.807) is 11.1 Å². The van der Waals surface area contributed by atoms with Crippen LogP contribution in [0.2, 0.25) is 0 Å². The molecular weight excluding hydrogens is 368 g/mol. The first-order valence-corrected chi connectivity index (χ1v) is 14.4. The number of unbranched alkanes of at least 4 members (excludes halogenated alkanes) is 18. The predicted molar refractivity (Wildman–Crippen MR) is 135 cm³/mol. The van der Waals surface area contributed by atoms with Gasteiger partial charge in [0.15, 0.2) is 0 Å². The number of thiophene rings is 1. The fourth-order valence-electron chi connectivity index (χ4n) is 4.39. The Morgan fingerprint density at radius 2 is 0.690 bits per heavy atom. The van der Waals surface area contributed by atoms with Crippen LogP contribution in [0.5, 0.6) is 0 Å². The van der Waals surface area contributed by atoms with Gasteiger partial charge in [-0.3, -0.25) is 0 Å². The molecule has 0 radical (unpaired) electrons. The van der Waals surface area contributed by atoms with Gasteiger partial charge in [0.05, 0.1) is 0 Å². The quantitative estimate of drug-likeness (QED) is 0.164. The van der Waals surface area contributed by atoms with Crippen molar-refractivity contribution in [2.75, 3.05) is 0 Å². The molecule has 170 valence electrons. The number of aryl methyl sites for hydroxylation is 2. The van der Waals surface area contributed by atoms with Gasteiger partial charge in [0.2, 0.25) is 0 Å². The van der Waals surface area contributed by atoms with Crippen molar-refractivity contribution in [1.29, 1.82) is 0 Å². The monoisotopic (exact) mass is 420 g/mol.